The monoisotopic (exact) mass is 676 g/mol. The van der Waals surface area contributed by atoms with Crippen LogP contribution in [0.3, 0.4) is 0 Å². The van der Waals surface area contributed by atoms with Gasteiger partial charge in [0.1, 0.15) is 0 Å². The highest BCUT2D eigenvalue weighted by Gasteiger charge is 1.97. The molecule has 0 saturated heterocycles. The Bertz CT molecular complexity index is 635. The van der Waals surface area contributed by atoms with Crippen LogP contribution < -0.4 is 0 Å². The SMILES string of the molecule is CC(O)COCCOCCOCCOCCOCCOCCOCCOCCOCCOCCOCCO.O=C(O)C=CC(=O)O. The number of carboxylic acids is 2. The molecule has 274 valence electrons. The summed E-state index contributed by atoms with van der Waals surface area (Å²) in [6, 6.07) is 0. The number of hydrogen-bond acceptors (Lipinski definition) is 15. The van der Waals surface area contributed by atoms with E-state index >= 15 is 0 Å². The molecule has 0 aromatic carbocycles. The topological polar surface area (TPSA) is 217 Å². The van der Waals surface area contributed by atoms with E-state index in [1.165, 1.54) is 0 Å². The molecule has 1 atom stereocenters. The lowest BCUT2D eigenvalue weighted by Gasteiger charge is -2.09. The quantitative estimate of drug-likeness (QED) is 0.0474. The zero-order valence-corrected chi connectivity index (χ0v) is 27.1. The number of carboxylic acid groups (broad SMARTS) is 2. The van der Waals surface area contributed by atoms with Crippen molar-refractivity contribution in [3.63, 3.8) is 0 Å². The lowest BCUT2D eigenvalue weighted by atomic mass is 10.4. The molecule has 0 aliphatic carbocycles. The third kappa shape index (κ3) is 49.0. The standard InChI is InChI=1S/C25H52O13.C4H4O4/c1-25(27)24-38-23-22-37-21-20-36-19-18-35-17-16-34-15-14-33-13-12-32-11-10-31-9-8-30-7-6-29-5-4-28-3-2-26;5-3(6)1-2-4(7)8/h25-27H,2-24H2,1H3;1-2H,(H,5,6)(H,7,8). The molecule has 17 heteroatoms. The van der Waals surface area contributed by atoms with Crippen molar-refractivity contribution < 1.29 is 82.1 Å². The van der Waals surface area contributed by atoms with Gasteiger partial charge in [0.05, 0.1) is 158 Å². The van der Waals surface area contributed by atoms with Gasteiger partial charge >= 0.3 is 11.9 Å². The molecule has 0 spiro atoms. The molecule has 1 unspecified atom stereocenters. The van der Waals surface area contributed by atoms with Gasteiger partial charge in [-0.15, -0.1) is 0 Å². The molecule has 0 radical (unpaired) electrons. The van der Waals surface area contributed by atoms with Gasteiger partial charge in [-0.1, -0.05) is 0 Å². The average Bonchev–Trinajstić information content (AvgIpc) is 3.02. The molecule has 0 saturated carbocycles. The van der Waals surface area contributed by atoms with Crippen LogP contribution in [0.5, 0.6) is 0 Å². The second kappa shape index (κ2) is 41.2. The molecule has 17 nitrogen and oxygen atoms in total. The summed E-state index contributed by atoms with van der Waals surface area (Å²) in [7, 11) is 0. The van der Waals surface area contributed by atoms with Gasteiger partial charge in [-0.3, -0.25) is 0 Å². The second-order valence-corrected chi connectivity index (χ2v) is 8.78. The van der Waals surface area contributed by atoms with Crippen molar-refractivity contribution in [3.8, 4) is 0 Å². The first-order valence-electron chi connectivity index (χ1n) is 15.2. The van der Waals surface area contributed by atoms with E-state index in [1.54, 1.807) is 6.92 Å². The van der Waals surface area contributed by atoms with Crippen molar-refractivity contribution in [1.29, 1.82) is 0 Å². The van der Waals surface area contributed by atoms with Crippen LogP contribution in [0.4, 0.5) is 0 Å². The number of aliphatic hydroxyl groups is 2. The summed E-state index contributed by atoms with van der Waals surface area (Å²) in [6.45, 7) is 12.3. The molecule has 0 aliphatic heterocycles. The third-order valence-corrected chi connectivity index (χ3v) is 4.68. The fourth-order valence-corrected chi connectivity index (χ4v) is 2.66. The summed E-state index contributed by atoms with van der Waals surface area (Å²) in [5.41, 5.74) is 0. The van der Waals surface area contributed by atoms with Gasteiger partial charge in [0, 0.05) is 12.2 Å². The van der Waals surface area contributed by atoms with Gasteiger partial charge in [-0.25, -0.2) is 9.59 Å². The van der Waals surface area contributed by atoms with E-state index in [4.69, 9.17) is 72.5 Å². The van der Waals surface area contributed by atoms with Crippen LogP contribution in [0.25, 0.3) is 0 Å². The number of hydrogen-bond donors (Lipinski definition) is 4. The molecule has 0 aromatic heterocycles. The minimum absolute atomic E-state index is 0.0250. The number of aliphatic carboxylic acids is 2. The van der Waals surface area contributed by atoms with Crippen LogP contribution in [0.15, 0.2) is 12.2 Å². The van der Waals surface area contributed by atoms with Crippen molar-refractivity contribution in [3.05, 3.63) is 12.2 Å². The molecular weight excluding hydrogens is 620 g/mol. The van der Waals surface area contributed by atoms with Gasteiger partial charge in [-0.05, 0) is 6.92 Å². The van der Waals surface area contributed by atoms with E-state index in [1.807, 2.05) is 0 Å². The minimum Gasteiger partial charge on any atom is -0.478 e. The lowest BCUT2D eigenvalue weighted by molar-refractivity contribution is -0.134. The molecule has 0 fully saturated rings. The summed E-state index contributed by atoms with van der Waals surface area (Å²) < 4.78 is 58.9. The molecule has 0 aliphatic rings. The predicted octanol–water partition coefficient (Wildman–Crippen LogP) is -0.746. The zero-order valence-electron chi connectivity index (χ0n) is 27.1. The molecule has 0 heterocycles. The van der Waals surface area contributed by atoms with Crippen molar-refractivity contribution in [2.75, 3.05) is 152 Å². The molecular formula is C29H56O17. The highest BCUT2D eigenvalue weighted by molar-refractivity contribution is 5.89. The number of rotatable bonds is 36. The highest BCUT2D eigenvalue weighted by Crippen LogP contribution is 1.87. The van der Waals surface area contributed by atoms with Crippen molar-refractivity contribution in [2.24, 2.45) is 0 Å². The van der Waals surface area contributed by atoms with Crippen LogP contribution in [0, 0.1) is 0 Å². The second-order valence-electron chi connectivity index (χ2n) is 8.78. The third-order valence-electron chi connectivity index (χ3n) is 4.68. The fraction of sp³-hybridized carbons (Fsp3) is 0.862. The molecule has 4 N–H and O–H groups in total. The lowest BCUT2D eigenvalue weighted by Crippen LogP contribution is -2.16. The number of carbonyl (C=O) groups is 2. The van der Waals surface area contributed by atoms with E-state index in [-0.39, 0.29) is 6.61 Å². The summed E-state index contributed by atoms with van der Waals surface area (Å²) in [4.78, 5) is 19.1. The molecule has 0 rings (SSSR count). The van der Waals surface area contributed by atoms with Gasteiger partial charge in [0.2, 0.25) is 0 Å². The minimum atomic E-state index is -1.26. The highest BCUT2D eigenvalue weighted by atomic mass is 16.6. The van der Waals surface area contributed by atoms with Gasteiger partial charge in [0.15, 0.2) is 0 Å². The van der Waals surface area contributed by atoms with Gasteiger partial charge < -0.3 is 72.5 Å². The van der Waals surface area contributed by atoms with Crippen molar-refractivity contribution in [1.82, 2.24) is 0 Å². The smallest absolute Gasteiger partial charge is 0.328 e. The maximum Gasteiger partial charge on any atom is 0.328 e. The maximum atomic E-state index is 9.55. The Balaban J connectivity index is 0. The summed E-state index contributed by atoms with van der Waals surface area (Å²) >= 11 is 0. The largest absolute Gasteiger partial charge is 0.478 e. The Morgan fingerprint density at radius 3 is 0.804 bits per heavy atom. The predicted molar refractivity (Wildman–Crippen MR) is 162 cm³/mol. The molecule has 0 bridgehead atoms. The fourth-order valence-electron chi connectivity index (χ4n) is 2.66. The summed E-state index contributed by atoms with van der Waals surface area (Å²) in [6.07, 6.45) is 0.663. The van der Waals surface area contributed by atoms with Crippen molar-refractivity contribution >= 4 is 11.9 Å². The first kappa shape index (κ1) is 46.3. The first-order valence-corrected chi connectivity index (χ1v) is 15.2. The van der Waals surface area contributed by atoms with E-state index < -0.39 is 18.0 Å². The molecule has 0 amide bonds. The van der Waals surface area contributed by atoms with Gasteiger partial charge in [0.25, 0.3) is 0 Å². The Kier molecular flexibility index (Phi) is 41.4. The Morgan fingerprint density at radius 2 is 0.630 bits per heavy atom. The van der Waals surface area contributed by atoms with E-state index in [9.17, 15) is 9.59 Å². The Morgan fingerprint density at radius 1 is 0.435 bits per heavy atom. The van der Waals surface area contributed by atoms with Crippen LogP contribution in [0.1, 0.15) is 6.92 Å². The number of ether oxygens (including phenoxy) is 11. The summed E-state index contributed by atoms with van der Waals surface area (Å²) in [5, 5.41) is 33.2. The van der Waals surface area contributed by atoms with Crippen LogP contribution in [-0.4, -0.2) is 190 Å². The Hall–Kier alpha value is -1.84. The van der Waals surface area contributed by atoms with Crippen LogP contribution >= 0.6 is 0 Å². The summed E-state index contributed by atoms with van der Waals surface area (Å²) in [5.74, 6) is -2.51. The number of aliphatic hydroxyl groups excluding tert-OH is 2. The molecule has 0 aromatic rings. The van der Waals surface area contributed by atoms with Gasteiger partial charge in [-0.2, -0.15) is 0 Å². The van der Waals surface area contributed by atoms with E-state index in [0.717, 1.165) is 0 Å². The average molecular weight is 677 g/mol. The normalized spacial score (nSPS) is 11.9. The first-order chi connectivity index (χ1) is 22.4. The van der Waals surface area contributed by atoms with E-state index in [2.05, 4.69) is 0 Å². The van der Waals surface area contributed by atoms with Crippen molar-refractivity contribution in [2.45, 2.75) is 13.0 Å². The zero-order chi connectivity index (χ0) is 34.2. The Labute approximate surface area is 271 Å². The molecule has 46 heavy (non-hydrogen) atoms. The van der Waals surface area contributed by atoms with Crippen LogP contribution in [0.2, 0.25) is 0 Å². The van der Waals surface area contributed by atoms with Crippen LogP contribution in [-0.2, 0) is 61.7 Å². The van der Waals surface area contributed by atoms with E-state index in [0.29, 0.717) is 158 Å². The maximum absolute atomic E-state index is 9.55.